The van der Waals surface area contributed by atoms with Crippen molar-refractivity contribution in [2.75, 3.05) is 6.61 Å². The summed E-state index contributed by atoms with van der Waals surface area (Å²) >= 11 is 0. The van der Waals surface area contributed by atoms with Crippen molar-refractivity contribution >= 4 is 12.1 Å². The number of amides is 1. The summed E-state index contributed by atoms with van der Waals surface area (Å²) in [5, 5.41) is 12.3. The van der Waals surface area contributed by atoms with Gasteiger partial charge < -0.3 is 15.2 Å². The number of carboxylic acid groups (broad SMARTS) is 1. The van der Waals surface area contributed by atoms with E-state index in [0.717, 1.165) is 30.4 Å². The molecule has 1 atom stereocenters. The molecule has 2 aliphatic rings. The topological polar surface area (TPSA) is 75.6 Å². The third-order valence-corrected chi connectivity index (χ3v) is 6.22. The van der Waals surface area contributed by atoms with E-state index in [-0.39, 0.29) is 24.9 Å². The minimum absolute atomic E-state index is 0.00544. The van der Waals surface area contributed by atoms with E-state index in [9.17, 15) is 14.7 Å². The van der Waals surface area contributed by atoms with Crippen molar-refractivity contribution in [3.63, 3.8) is 0 Å². The Morgan fingerprint density at radius 2 is 1.66 bits per heavy atom. The van der Waals surface area contributed by atoms with Crippen molar-refractivity contribution in [3.05, 3.63) is 59.7 Å². The van der Waals surface area contributed by atoms with E-state index in [4.69, 9.17) is 4.74 Å². The van der Waals surface area contributed by atoms with Crippen LogP contribution in [0.25, 0.3) is 11.1 Å². The summed E-state index contributed by atoms with van der Waals surface area (Å²) in [5.41, 5.74) is 3.98. The monoisotopic (exact) mass is 393 g/mol. The van der Waals surface area contributed by atoms with Crippen LogP contribution in [-0.2, 0) is 9.53 Å². The first kappa shape index (κ1) is 19.5. The van der Waals surface area contributed by atoms with Crippen LogP contribution in [0.1, 0.15) is 56.1 Å². The molecule has 2 aromatic carbocycles. The van der Waals surface area contributed by atoms with Gasteiger partial charge in [-0.25, -0.2) is 4.79 Å². The molecule has 2 aromatic rings. The van der Waals surface area contributed by atoms with E-state index in [2.05, 4.69) is 29.6 Å². The highest BCUT2D eigenvalue weighted by molar-refractivity contribution is 5.79. The molecule has 0 radical (unpaired) electrons. The third kappa shape index (κ3) is 3.86. The molecule has 5 nitrogen and oxygen atoms in total. The molecule has 0 bridgehead atoms. The van der Waals surface area contributed by atoms with Gasteiger partial charge in [-0.2, -0.15) is 0 Å². The molecule has 1 saturated carbocycles. The van der Waals surface area contributed by atoms with Gasteiger partial charge in [0.25, 0.3) is 0 Å². The summed E-state index contributed by atoms with van der Waals surface area (Å²) < 4.78 is 5.66. The number of fused-ring (bicyclic) bond motifs is 3. The zero-order valence-corrected chi connectivity index (χ0v) is 16.7. The largest absolute Gasteiger partial charge is 0.481 e. The second-order valence-electron chi connectivity index (χ2n) is 8.20. The molecule has 5 heteroatoms. The van der Waals surface area contributed by atoms with Gasteiger partial charge in [-0.3, -0.25) is 4.79 Å². The fourth-order valence-corrected chi connectivity index (χ4v) is 4.84. The van der Waals surface area contributed by atoms with Crippen LogP contribution in [0, 0.1) is 5.92 Å². The van der Waals surface area contributed by atoms with Gasteiger partial charge in [-0.15, -0.1) is 0 Å². The highest BCUT2D eigenvalue weighted by Crippen LogP contribution is 2.45. The van der Waals surface area contributed by atoms with Crippen LogP contribution in [-0.4, -0.2) is 29.3 Å². The van der Waals surface area contributed by atoms with E-state index in [1.165, 1.54) is 11.1 Å². The molecule has 2 N–H and O–H groups in total. The van der Waals surface area contributed by atoms with Crippen molar-refractivity contribution in [2.24, 2.45) is 5.92 Å². The van der Waals surface area contributed by atoms with Crippen LogP contribution in [0.5, 0.6) is 0 Å². The van der Waals surface area contributed by atoms with E-state index < -0.39 is 17.6 Å². The van der Waals surface area contributed by atoms with Gasteiger partial charge in [0.15, 0.2) is 0 Å². The van der Waals surface area contributed by atoms with Gasteiger partial charge in [0, 0.05) is 5.92 Å². The molecule has 1 amide bonds. The lowest BCUT2D eigenvalue weighted by Crippen LogP contribution is -2.52. The summed E-state index contributed by atoms with van der Waals surface area (Å²) in [5.74, 6) is -0.669. The molecule has 1 fully saturated rings. The number of aliphatic carboxylic acids is 1. The third-order valence-electron chi connectivity index (χ3n) is 6.22. The highest BCUT2D eigenvalue weighted by Gasteiger charge is 2.47. The molecule has 1 unspecified atom stereocenters. The van der Waals surface area contributed by atoms with Crippen molar-refractivity contribution in [1.29, 1.82) is 0 Å². The first-order valence-electron chi connectivity index (χ1n) is 10.4. The van der Waals surface area contributed by atoms with Crippen LogP contribution in [0.4, 0.5) is 4.79 Å². The van der Waals surface area contributed by atoms with Crippen molar-refractivity contribution in [1.82, 2.24) is 5.32 Å². The average molecular weight is 393 g/mol. The van der Waals surface area contributed by atoms with Crippen LogP contribution in [0.15, 0.2) is 48.5 Å². The maximum absolute atomic E-state index is 12.7. The van der Waals surface area contributed by atoms with Crippen molar-refractivity contribution in [2.45, 2.75) is 50.5 Å². The van der Waals surface area contributed by atoms with Crippen molar-refractivity contribution in [3.8, 4) is 11.1 Å². The Labute approximate surface area is 171 Å². The van der Waals surface area contributed by atoms with Gasteiger partial charge in [-0.05, 0) is 47.4 Å². The molecule has 0 aliphatic heterocycles. The Hall–Kier alpha value is -2.82. The molecule has 29 heavy (non-hydrogen) atoms. The minimum Gasteiger partial charge on any atom is -0.481 e. The van der Waals surface area contributed by atoms with E-state index in [1.807, 2.05) is 31.2 Å². The van der Waals surface area contributed by atoms with Gasteiger partial charge >= 0.3 is 12.1 Å². The number of nitrogens with one attached hydrogen (secondary N) is 1. The quantitative estimate of drug-likeness (QED) is 0.665. The predicted octanol–water partition coefficient (Wildman–Crippen LogP) is 4.95. The number of carbonyl (C=O) groups excluding carboxylic acids is 1. The SMILES string of the molecule is CCCC(CC(=O)O)(NC(=O)OCC1c2ccccc2-c2ccccc21)C1CC1. The summed E-state index contributed by atoms with van der Waals surface area (Å²) in [6, 6.07) is 16.4. The van der Waals surface area contributed by atoms with Crippen LogP contribution >= 0.6 is 0 Å². The molecule has 0 aromatic heterocycles. The maximum atomic E-state index is 12.7. The lowest BCUT2D eigenvalue weighted by molar-refractivity contribution is -0.139. The second kappa shape index (κ2) is 7.90. The van der Waals surface area contributed by atoms with Gasteiger partial charge in [0.2, 0.25) is 0 Å². The zero-order valence-electron chi connectivity index (χ0n) is 16.7. The lowest BCUT2D eigenvalue weighted by Gasteiger charge is -2.33. The van der Waals surface area contributed by atoms with E-state index in [1.54, 1.807) is 0 Å². The predicted molar refractivity (Wildman–Crippen MR) is 111 cm³/mol. The normalized spacial score (nSPS) is 17.1. The first-order valence-corrected chi connectivity index (χ1v) is 10.4. The van der Waals surface area contributed by atoms with Gasteiger partial charge in [-0.1, -0.05) is 61.9 Å². The Balaban J connectivity index is 1.49. The fraction of sp³-hybridized carbons (Fsp3) is 0.417. The molecule has 0 heterocycles. The number of ether oxygens (including phenoxy) is 1. The number of benzene rings is 2. The van der Waals surface area contributed by atoms with E-state index in [0.29, 0.717) is 6.42 Å². The fourth-order valence-electron chi connectivity index (χ4n) is 4.84. The summed E-state index contributed by atoms with van der Waals surface area (Å²) in [6.45, 7) is 2.25. The molecule has 0 spiro atoms. The number of carboxylic acids is 1. The summed E-state index contributed by atoms with van der Waals surface area (Å²) in [4.78, 5) is 24.2. The Morgan fingerprint density at radius 3 is 2.17 bits per heavy atom. The number of carbonyl (C=O) groups is 2. The molecule has 152 valence electrons. The zero-order chi connectivity index (χ0) is 20.4. The van der Waals surface area contributed by atoms with Gasteiger partial charge in [0.1, 0.15) is 6.61 Å². The minimum atomic E-state index is -0.885. The number of rotatable bonds is 8. The highest BCUT2D eigenvalue weighted by atomic mass is 16.5. The number of alkyl carbamates (subject to hydrolysis) is 1. The summed E-state index contributed by atoms with van der Waals surface area (Å²) in [6.07, 6.45) is 2.79. The Bertz CT molecular complexity index is 875. The molecule has 4 rings (SSSR count). The van der Waals surface area contributed by atoms with Crippen LogP contribution in [0.3, 0.4) is 0 Å². The second-order valence-corrected chi connectivity index (χ2v) is 8.20. The number of hydrogen-bond donors (Lipinski definition) is 2. The van der Waals surface area contributed by atoms with E-state index >= 15 is 0 Å². The lowest BCUT2D eigenvalue weighted by atomic mass is 9.85. The first-order chi connectivity index (χ1) is 14.0. The average Bonchev–Trinajstić information content (AvgIpc) is 3.50. The maximum Gasteiger partial charge on any atom is 0.407 e. The Morgan fingerprint density at radius 1 is 1.07 bits per heavy atom. The molecule has 2 aliphatic carbocycles. The van der Waals surface area contributed by atoms with Crippen LogP contribution < -0.4 is 5.32 Å². The number of hydrogen-bond acceptors (Lipinski definition) is 3. The van der Waals surface area contributed by atoms with Crippen molar-refractivity contribution < 1.29 is 19.4 Å². The molecular weight excluding hydrogens is 366 g/mol. The smallest absolute Gasteiger partial charge is 0.407 e. The Kier molecular flexibility index (Phi) is 5.31. The molecular formula is C24H27NO4. The van der Waals surface area contributed by atoms with Crippen LogP contribution in [0.2, 0.25) is 0 Å². The standard InChI is InChI=1S/C24H27NO4/c1-2-13-24(14-22(26)27,16-11-12-16)25-23(28)29-15-21-19-9-5-3-7-17(19)18-8-4-6-10-20(18)21/h3-10,16,21H,2,11-15H2,1H3,(H,25,28)(H,26,27). The van der Waals surface area contributed by atoms with Gasteiger partial charge in [0.05, 0.1) is 12.0 Å². The summed E-state index contributed by atoms with van der Waals surface area (Å²) in [7, 11) is 0. The molecule has 0 saturated heterocycles.